The topological polar surface area (TPSA) is 58.6 Å². The maximum absolute atomic E-state index is 13.9. The van der Waals surface area contributed by atoms with Crippen LogP contribution in [0.25, 0.3) is 0 Å². The number of benzene rings is 1. The monoisotopic (exact) mass is 317 g/mol. The molecular weight excluding hydrogens is 299 g/mol. The van der Waals surface area contributed by atoms with Crippen molar-refractivity contribution in [2.45, 2.75) is 43.5 Å². The van der Waals surface area contributed by atoms with Crippen LogP contribution < -0.4 is 5.32 Å². The normalized spacial score (nSPS) is 25.7. The van der Waals surface area contributed by atoms with Crippen molar-refractivity contribution in [1.82, 2.24) is 5.32 Å². The van der Waals surface area contributed by atoms with Gasteiger partial charge in [0.1, 0.15) is 12.8 Å². The minimum Gasteiger partial charge on any atom is -0.465 e. The summed E-state index contributed by atoms with van der Waals surface area (Å²) < 4.78 is 46.9. The summed E-state index contributed by atoms with van der Waals surface area (Å²) in [5, 5.41) is 10.8. The largest absolute Gasteiger partial charge is 0.465 e. The molecule has 7 heteroatoms. The van der Waals surface area contributed by atoms with Crippen molar-refractivity contribution in [3.63, 3.8) is 0 Å². The SMILES string of the molecule is O=C(O)NC1CCC(OCC(F)(F)c2ccccc2)C(F)C1. The van der Waals surface area contributed by atoms with Gasteiger partial charge in [-0.1, -0.05) is 30.3 Å². The molecule has 0 saturated heterocycles. The van der Waals surface area contributed by atoms with Crippen molar-refractivity contribution in [2.24, 2.45) is 0 Å². The molecule has 0 aliphatic heterocycles. The molecule has 3 atom stereocenters. The first-order chi connectivity index (χ1) is 10.4. The first-order valence-corrected chi connectivity index (χ1v) is 7.07. The van der Waals surface area contributed by atoms with Crippen LogP contribution in [0.4, 0.5) is 18.0 Å². The highest BCUT2D eigenvalue weighted by molar-refractivity contribution is 5.64. The Kier molecular flexibility index (Phi) is 5.28. The summed E-state index contributed by atoms with van der Waals surface area (Å²) >= 11 is 0. The second-order valence-electron chi connectivity index (χ2n) is 5.40. The quantitative estimate of drug-likeness (QED) is 0.876. The molecule has 1 amide bonds. The van der Waals surface area contributed by atoms with Crippen LogP contribution in [0.15, 0.2) is 30.3 Å². The lowest BCUT2D eigenvalue weighted by molar-refractivity contribution is -0.127. The summed E-state index contributed by atoms with van der Waals surface area (Å²) in [6.45, 7) is -0.890. The molecule has 22 heavy (non-hydrogen) atoms. The fraction of sp³-hybridized carbons (Fsp3) is 0.533. The van der Waals surface area contributed by atoms with Gasteiger partial charge < -0.3 is 15.2 Å². The van der Waals surface area contributed by atoms with Crippen LogP contribution in [0.3, 0.4) is 0 Å². The molecule has 0 heterocycles. The first kappa shape index (κ1) is 16.6. The van der Waals surface area contributed by atoms with E-state index >= 15 is 0 Å². The highest BCUT2D eigenvalue weighted by Crippen LogP contribution is 2.31. The van der Waals surface area contributed by atoms with E-state index in [9.17, 15) is 18.0 Å². The maximum atomic E-state index is 13.9. The molecule has 1 aliphatic rings. The Labute approximate surface area is 126 Å². The minimum atomic E-state index is -3.18. The third-order valence-electron chi connectivity index (χ3n) is 3.72. The van der Waals surface area contributed by atoms with E-state index in [-0.39, 0.29) is 18.4 Å². The molecule has 1 aromatic rings. The van der Waals surface area contributed by atoms with E-state index in [4.69, 9.17) is 9.84 Å². The van der Waals surface area contributed by atoms with Gasteiger partial charge in [0.2, 0.25) is 0 Å². The molecular formula is C15H18F3NO3. The molecule has 122 valence electrons. The van der Waals surface area contributed by atoms with Crippen LogP contribution in [0.1, 0.15) is 24.8 Å². The van der Waals surface area contributed by atoms with Crippen molar-refractivity contribution >= 4 is 6.09 Å². The number of carboxylic acid groups (broad SMARTS) is 1. The number of alkyl halides is 3. The summed E-state index contributed by atoms with van der Waals surface area (Å²) in [4.78, 5) is 10.5. The third-order valence-corrected chi connectivity index (χ3v) is 3.72. The van der Waals surface area contributed by atoms with E-state index in [1.54, 1.807) is 6.07 Å². The number of carbonyl (C=O) groups is 1. The van der Waals surface area contributed by atoms with Crippen LogP contribution in [-0.4, -0.2) is 36.1 Å². The Morgan fingerprint density at radius 1 is 1.32 bits per heavy atom. The molecule has 0 aromatic heterocycles. The van der Waals surface area contributed by atoms with Gasteiger partial charge in [0.15, 0.2) is 0 Å². The van der Waals surface area contributed by atoms with Crippen molar-refractivity contribution in [3.05, 3.63) is 35.9 Å². The van der Waals surface area contributed by atoms with Crippen molar-refractivity contribution < 1.29 is 27.8 Å². The number of hydrogen-bond donors (Lipinski definition) is 2. The Balaban J connectivity index is 1.86. The lowest BCUT2D eigenvalue weighted by Crippen LogP contribution is -2.44. The highest BCUT2D eigenvalue weighted by Gasteiger charge is 2.37. The molecule has 2 N–H and O–H groups in total. The van der Waals surface area contributed by atoms with Gasteiger partial charge in [-0.3, -0.25) is 0 Å². The smallest absolute Gasteiger partial charge is 0.404 e. The van der Waals surface area contributed by atoms with Crippen molar-refractivity contribution in [1.29, 1.82) is 0 Å². The number of halogens is 3. The zero-order chi connectivity index (χ0) is 16.2. The fourth-order valence-electron chi connectivity index (χ4n) is 2.56. The Hall–Kier alpha value is -1.76. The van der Waals surface area contributed by atoms with Crippen molar-refractivity contribution in [3.8, 4) is 0 Å². The van der Waals surface area contributed by atoms with E-state index in [0.29, 0.717) is 6.42 Å². The van der Waals surface area contributed by atoms with Gasteiger partial charge in [0.25, 0.3) is 5.92 Å². The molecule has 0 bridgehead atoms. The summed E-state index contributed by atoms with van der Waals surface area (Å²) in [7, 11) is 0. The van der Waals surface area contributed by atoms with Crippen LogP contribution in [0, 0.1) is 0 Å². The minimum absolute atomic E-state index is 0.0616. The van der Waals surface area contributed by atoms with Crippen molar-refractivity contribution in [2.75, 3.05) is 6.61 Å². The van der Waals surface area contributed by atoms with Gasteiger partial charge in [-0.05, 0) is 12.8 Å². The fourth-order valence-corrected chi connectivity index (χ4v) is 2.56. The average Bonchev–Trinajstić information content (AvgIpc) is 2.47. The Morgan fingerprint density at radius 2 is 2.00 bits per heavy atom. The lowest BCUT2D eigenvalue weighted by atomic mass is 9.91. The maximum Gasteiger partial charge on any atom is 0.404 e. The van der Waals surface area contributed by atoms with Gasteiger partial charge >= 0.3 is 6.09 Å². The van der Waals surface area contributed by atoms with E-state index in [1.807, 2.05) is 0 Å². The number of nitrogens with one attached hydrogen (secondary N) is 1. The Morgan fingerprint density at radius 3 is 2.59 bits per heavy atom. The number of amides is 1. The second-order valence-corrected chi connectivity index (χ2v) is 5.40. The van der Waals surface area contributed by atoms with E-state index in [0.717, 1.165) is 0 Å². The lowest BCUT2D eigenvalue weighted by Gasteiger charge is -2.32. The molecule has 2 rings (SSSR count). The second kappa shape index (κ2) is 7.00. The highest BCUT2D eigenvalue weighted by atomic mass is 19.3. The molecule has 1 fully saturated rings. The first-order valence-electron chi connectivity index (χ1n) is 7.07. The summed E-state index contributed by atoms with van der Waals surface area (Å²) in [5.74, 6) is -3.18. The van der Waals surface area contributed by atoms with Gasteiger partial charge in [0.05, 0.1) is 6.10 Å². The van der Waals surface area contributed by atoms with Gasteiger partial charge in [-0.25, -0.2) is 9.18 Å². The molecule has 4 nitrogen and oxygen atoms in total. The molecule has 0 spiro atoms. The predicted octanol–water partition coefficient (Wildman–Crippen LogP) is 3.32. The predicted molar refractivity (Wildman–Crippen MR) is 73.8 cm³/mol. The summed E-state index contributed by atoms with van der Waals surface area (Å²) in [6.07, 6.45) is -3.09. The van der Waals surface area contributed by atoms with Crippen LogP contribution in [-0.2, 0) is 10.7 Å². The molecule has 1 saturated carbocycles. The van der Waals surface area contributed by atoms with E-state index in [1.165, 1.54) is 24.3 Å². The number of hydrogen-bond acceptors (Lipinski definition) is 2. The number of ether oxygens (including phenoxy) is 1. The zero-order valence-corrected chi connectivity index (χ0v) is 11.8. The number of rotatable bonds is 5. The molecule has 0 radical (unpaired) electrons. The average molecular weight is 317 g/mol. The standard InChI is InChI=1S/C15H18F3NO3/c16-12-8-11(19-14(20)21)6-7-13(12)22-9-15(17,18)10-4-2-1-3-5-10/h1-5,11-13,19H,6-9H2,(H,20,21). The van der Waals surface area contributed by atoms with Crippen LogP contribution in [0.2, 0.25) is 0 Å². The van der Waals surface area contributed by atoms with E-state index < -0.39 is 36.9 Å². The van der Waals surface area contributed by atoms with Gasteiger partial charge in [-0.15, -0.1) is 0 Å². The zero-order valence-electron chi connectivity index (χ0n) is 11.8. The summed E-state index contributed by atoms with van der Waals surface area (Å²) in [5.41, 5.74) is -0.174. The van der Waals surface area contributed by atoms with E-state index in [2.05, 4.69) is 5.32 Å². The third kappa shape index (κ3) is 4.37. The summed E-state index contributed by atoms with van der Waals surface area (Å²) in [6, 6.07) is 6.73. The molecule has 1 aromatic carbocycles. The molecule has 1 aliphatic carbocycles. The van der Waals surface area contributed by atoms with Crippen LogP contribution >= 0.6 is 0 Å². The molecule has 3 unspecified atom stereocenters. The van der Waals surface area contributed by atoms with Gasteiger partial charge in [-0.2, -0.15) is 8.78 Å². The van der Waals surface area contributed by atoms with Gasteiger partial charge in [0, 0.05) is 18.0 Å². The van der Waals surface area contributed by atoms with Crippen LogP contribution in [0.5, 0.6) is 0 Å². The Bertz CT molecular complexity index is 498.